The maximum absolute atomic E-state index is 14.7. The van der Waals surface area contributed by atoms with E-state index in [9.17, 15) is 4.39 Å². The highest BCUT2D eigenvalue weighted by Crippen LogP contribution is 2.43. The Labute approximate surface area is 175 Å². The van der Waals surface area contributed by atoms with Crippen molar-refractivity contribution in [2.24, 2.45) is 17.8 Å². The fraction of sp³-hybridized carbons (Fsp3) is 0.680. The average molecular weight is 407 g/mol. The summed E-state index contributed by atoms with van der Waals surface area (Å²) >= 11 is 6.18. The number of ether oxygens (including phenoxy) is 1. The third kappa shape index (κ3) is 5.32. The monoisotopic (exact) mass is 406 g/mol. The first-order valence-electron chi connectivity index (χ1n) is 11.4. The maximum Gasteiger partial charge on any atom is 0.153 e. The summed E-state index contributed by atoms with van der Waals surface area (Å²) in [6, 6.07) is 3.64. The van der Waals surface area contributed by atoms with Gasteiger partial charge in [0, 0.05) is 5.56 Å². The quantitative estimate of drug-likeness (QED) is 0.393. The Bertz CT molecular complexity index is 661. The third-order valence-electron chi connectivity index (χ3n) is 6.92. The number of halogens is 2. The van der Waals surface area contributed by atoms with Gasteiger partial charge in [-0.3, -0.25) is 0 Å². The molecule has 0 amide bonds. The number of unbranched alkanes of at least 4 members (excludes halogenated alkanes) is 2. The van der Waals surface area contributed by atoms with Gasteiger partial charge in [0.15, 0.2) is 5.82 Å². The summed E-state index contributed by atoms with van der Waals surface area (Å²) < 4.78 is 20.1. The first-order chi connectivity index (χ1) is 13.6. The van der Waals surface area contributed by atoms with E-state index in [1.807, 2.05) is 13.0 Å². The van der Waals surface area contributed by atoms with Gasteiger partial charge in [-0.15, -0.1) is 0 Å². The lowest BCUT2D eigenvalue weighted by Gasteiger charge is -2.35. The van der Waals surface area contributed by atoms with E-state index in [4.69, 9.17) is 16.3 Å². The van der Waals surface area contributed by atoms with E-state index >= 15 is 0 Å². The van der Waals surface area contributed by atoms with Gasteiger partial charge in [-0.1, -0.05) is 63.1 Å². The molecule has 1 unspecified atom stereocenters. The Morgan fingerprint density at radius 3 is 2.46 bits per heavy atom. The number of rotatable bonds is 8. The lowest BCUT2D eigenvalue weighted by molar-refractivity contribution is 0.187. The molecule has 1 aromatic rings. The highest BCUT2D eigenvalue weighted by atomic mass is 35.5. The van der Waals surface area contributed by atoms with Crippen LogP contribution in [0.25, 0.3) is 5.57 Å². The second-order valence-electron chi connectivity index (χ2n) is 8.71. The number of hydrogen-bond acceptors (Lipinski definition) is 1. The predicted molar refractivity (Wildman–Crippen MR) is 117 cm³/mol. The molecular weight excluding hydrogens is 371 g/mol. The number of hydrogen-bond donors (Lipinski definition) is 0. The Hall–Kier alpha value is -1.02. The summed E-state index contributed by atoms with van der Waals surface area (Å²) in [5.41, 5.74) is 1.78. The fourth-order valence-electron chi connectivity index (χ4n) is 5.21. The molecule has 0 N–H and O–H groups in total. The van der Waals surface area contributed by atoms with E-state index in [1.54, 1.807) is 6.07 Å². The molecule has 2 aliphatic rings. The van der Waals surface area contributed by atoms with Crippen LogP contribution in [0.3, 0.4) is 0 Å². The number of allylic oxidation sites excluding steroid dienone is 2. The molecule has 0 saturated heterocycles. The molecule has 0 spiro atoms. The van der Waals surface area contributed by atoms with Crippen LogP contribution >= 0.6 is 11.6 Å². The molecule has 3 heteroatoms. The average Bonchev–Trinajstić information content (AvgIpc) is 2.73. The first kappa shape index (κ1) is 21.7. The summed E-state index contributed by atoms with van der Waals surface area (Å²) in [6.07, 6.45) is 16.7. The molecule has 0 radical (unpaired) electrons. The van der Waals surface area contributed by atoms with E-state index in [0.29, 0.717) is 17.9 Å². The van der Waals surface area contributed by atoms with Crippen molar-refractivity contribution in [3.8, 4) is 5.75 Å². The molecule has 1 saturated carbocycles. The Morgan fingerprint density at radius 2 is 1.82 bits per heavy atom. The van der Waals surface area contributed by atoms with Gasteiger partial charge in [0.1, 0.15) is 10.8 Å². The topological polar surface area (TPSA) is 9.23 Å². The molecule has 0 bridgehead atoms. The molecule has 1 aromatic carbocycles. The maximum atomic E-state index is 14.7. The lowest BCUT2D eigenvalue weighted by atomic mass is 9.70. The van der Waals surface area contributed by atoms with Crippen LogP contribution in [0.4, 0.5) is 4.39 Å². The molecule has 1 atom stereocenters. The normalized spacial score (nSPS) is 25.4. The zero-order valence-electron chi connectivity index (χ0n) is 17.6. The van der Waals surface area contributed by atoms with E-state index in [0.717, 1.165) is 36.2 Å². The highest BCUT2D eigenvalue weighted by molar-refractivity contribution is 6.32. The largest absolute Gasteiger partial charge is 0.492 e. The van der Waals surface area contributed by atoms with E-state index in [2.05, 4.69) is 13.0 Å². The van der Waals surface area contributed by atoms with Crippen molar-refractivity contribution in [2.75, 3.05) is 6.61 Å². The van der Waals surface area contributed by atoms with Crippen LogP contribution in [0.5, 0.6) is 5.75 Å². The SMILES string of the molecule is CCCCCC1CCC(C2CC=C(c3ccc(OCC)c(Cl)c3F)CC2)CC1. The van der Waals surface area contributed by atoms with E-state index in [-0.39, 0.29) is 10.8 Å². The van der Waals surface area contributed by atoms with Crippen LogP contribution in [0.2, 0.25) is 5.02 Å². The van der Waals surface area contributed by atoms with E-state index < -0.39 is 0 Å². The molecule has 0 aliphatic heterocycles. The standard InChI is InChI=1S/C25H36ClFO/c1-3-5-6-7-18-8-10-19(11-9-18)20-12-14-21(15-13-20)22-16-17-23(28-4-2)24(26)25(22)27/h14,16-20H,3-13,15H2,1-2H3. The first-order valence-corrected chi connectivity index (χ1v) is 11.8. The molecule has 2 aliphatic carbocycles. The smallest absolute Gasteiger partial charge is 0.153 e. The van der Waals surface area contributed by atoms with Crippen molar-refractivity contribution in [3.05, 3.63) is 34.6 Å². The van der Waals surface area contributed by atoms with Crippen molar-refractivity contribution in [2.45, 2.75) is 84.5 Å². The minimum absolute atomic E-state index is 0.115. The van der Waals surface area contributed by atoms with Gasteiger partial charge in [0.2, 0.25) is 0 Å². The fourth-order valence-corrected chi connectivity index (χ4v) is 5.42. The second kappa shape index (κ2) is 10.7. The molecule has 3 rings (SSSR count). The van der Waals surface area contributed by atoms with Crippen LogP contribution in [0.1, 0.15) is 90.0 Å². The Balaban J connectivity index is 1.55. The summed E-state index contributed by atoms with van der Waals surface area (Å²) in [6.45, 7) is 4.66. The minimum Gasteiger partial charge on any atom is -0.492 e. The summed E-state index contributed by atoms with van der Waals surface area (Å²) in [4.78, 5) is 0. The van der Waals surface area contributed by atoms with Gasteiger partial charge in [-0.05, 0) is 74.5 Å². The Kier molecular flexibility index (Phi) is 8.26. The molecule has 0 heterocycles. The predicted octanol–water partition coefficient (Wildman–Crippen LogP) is 8.45. The van der Waals surface area contributed by atoms with Gasteiger partial charge >= 0.3 is 0 Å². The Morgan fingerprint density at radius 1 is 1.04 bits per heavy atom. The second-order valence-corrected chi connectivity index (χ2v) is 9.09. The zero-order chi connectivity index (χ0) is 19.9. The van der Waals surface area contributed by atoms with Crippen molar-refractivity contribution >= 4 is 17.2 Å². The lowest BCUT2D eigenvalue weighted by Crippen LogP contribution is -2.23. The van der Waals surface area contributed by atoms with Crippen LogP contribution < -0.4 is 4.74 Å². The molecule has 28 heavy (non-hydrogen) atoms. The van der Waals surface area contributed by atoms with Gasteiger partial charge < -0.3 is 4.74 Å². The van der Waals surface area contributed by atoms with Crippen LogP contribution in [-0.4, -0.2) is 6.61 Å². The van der Waals surface area contributed by atoms with Gasteiger partial charge in [-0.2, -0.15) is 0 Å². The summed E-state index contributed by atoms with van der Waals surface area (Å²) in [5, 5.41) is 0.115. The van der Waals surface area contributed by atoms with Crippen molar-refractivity contribution in [1.82, 2.24) is 0 Å². The molecule has 1 fully saturated rings. The van der Waals surface area contributed by atoms with Gasteiger partial charge in [0.05, 0.1) is 6.61 Å². The number of benzene rings is 1. The highest BCUT2D eigenvalue weighted by Gasteiger charge is 2.29. The third-order valence-corrected chi connectivity index (χ3v) is 7.27. The summed E-state index contributed by atoms with van der Waals surface area (Å²) in [5.74, 6) is 2.73. The van der Waals surface area contributed by atoms with Crippen LogP contribution in [0.15, 0.2) is 18.2 Å². The molecule has 156 valence electrons. The summed E-state index contributed by atoms with van der Waals surface area (Å²) in [7, 11) is 0. The molecular formula is C25H36ClFO. The van der Waals surface area contributed by atoms with Gasteiger partial charge in [-0.25, -0.2) is 4.39 Å². The van der Waals surface area contributed by atoms with Crippen molar-refractivity contribution < 1.29 is 9.13 Å². The van der Waals surface area contributed by atoms with E-state index in [1.165, 1.54) is 57.8 Å². The molecule has 1 nitrogen and oxygen atoms in total. The van der Waals surface area contributed by atoms with Crippen molar-refractivity contribution in [3.63, 3.8) is 0 Å². The zero-order valence-corrected chi connectivity index (χ0v) is 18.4. The minimum atomic E-state index is -0.329. The van der Waals surface area contributed by atoms with Crippen LogP contribution in [0, 0.1) is 23.6 Å². The molecule has 0 aromatic heterocycles. The van der Waals surface area contributed by atoms with Crippen molar-refractivity contribution in [1.29, 1.82) is 0 Å². The van der Waals surface area contributed by atoms with Gasteiger partial charge in [0.25, 0.3) is 0 Å². The van der Waals surface area contributed by atoms with Crippen LogP contribution in [-0.2, 0) is 0 Å².